The zero-order valence-electron chi connectivity index (χ0n) is 9.88. The zero-order chi connectivity index (χ0) is 12.1. The molecule has 0 saturated heterocycles. The van der Waals surface area contributed by atoms with Gasteiger partial charge in [-0.25, -0.2) is 4.39 Å². The molecule has 1 rings (SSSR count). The van der Waals surface area contributed by atoms with Gasteiger partial charge in [0.15, 0.2) is 0 Å². The number of benzene rings is 1. The van der Waals surface area contributed by atoms with Crippen molar-refractivity contribution < 1.29 is 9.18 Å². The predicted molar refractivity (Wildman–Crippen MR) is 62.9 cm³/mol. The first kappa shape index (κ1) is 12.5. The molecule has 4 heteroatoms. The van der Waals surface area contributed by atoms with E-state index in [-0.39, 0.29) is 18.3 Å². The fraction of sp³-hybridized carbons (Fsp3) is 0.417. The van der Waals surface area contributed by atoms with Crippen LogP contribution in [-0.2, 0) is 4.79 Å². The molecule has 3 nitrogen and oxygen atoms in total. The van der Waals surface area contributed by atoms with E-state index in [2.05, 4.69) is 5.32 Å². The van der Waals surface area contributed by atoms with Crippen molar-refractivity contribution in [2.24, 2.45) is 0 Å². The first-order valence-electron chi connectivity index (χ1n) is 5.29. The molecule has 0 unspecified atom stereocenters. The third-order valence-electron chi connectivity index (χ3n) is 2.54. The Labute approximate surface area is 95.3 Å². The molecular formula is C12H17FN2O. The summed E-state index contributed by atoms with van der Waals surface area (Å²) in [7, 11) is 1.72. The number of para-hydroxylation sites is 1. The second kappa shape index (κ2) is 5.49. The molecule has 0 radical (unpaired) electrons. The average molecular weight is 224 g/mol. The van der Waals surface area contributed by atoms with Crippen molar-refractivity contribution in [2.45, 2.75) is 13.8 Å². The predicted octanol–water partition coefficient (Wildman–Crippen LogP) is 2.02. The summed E-state index contributed by atoms with van der Waals surface area (Å²) in [5.74, 6) is -0.378. The average Bonchev–Trinajstić information content (AvgIpc) is 2.27. The number of rotatable bonds is 4. The van der Waals surface area contributed by atoms with Crippen molar-refractivity contribution in [3.63, 3.8) is 0 Å². The molecule has 0 heterocycles. The first-order chi connectivity index (χ1) is 7.56. The molecular weight excluding hydrogens is 207 g/mol. The third kappa shape index (κ3) is 2.95. The van der Waals surface area contributed by atoms with Crippen LogP contribution in [0, 0.1) is 12.7 Å². The molecule has 88 valence electrons. The fourth-order valence-corrected chi connectivity index (χ4v) is 1.33. The highest BCUT2D eigenvalue weighted by molar-refractivity contribution is 5.80. The van der Waals surface area contributed by atoms with Crippen LogP contribution >= 0.6 is 0 Å². The number of amides is 1. The highest BCUT2D eigenvalue weighted by atomic mass is 19.1. The number of aryl methyl sites for hydroxylation is 1. The molecule has 0 aliphatic rings. The Hall–Kier alpha value is -1.58. The van der Waals surface area contributed by atoms with Gasteiger partial charge in [0.05, 0.1) is 12.2 Å². The molecule has 0 atom stereocenters. The van der Waals surface area contributed by atoms with Crippen LogP contribution in [-0.4, -0.2) is 30.9 Å². The molecule has 0 saturated carbocycles. The maximum Gasteiger partial charge on any atom is 0.241 e. The lowest BCUT2D eigenvalue weighted by Crippen LogP contribution is -2.32. The number of anilines is 1. The van der Waals surface area contributed by atoms with Crippen molar-refractivity contribution in [1.82, 2.24) is 4.90 Å². The zero-order valence-corrected chi connectivity index (χ0v) is 9.88. The van der Waals surface area contributed by atoms with Gasteiger partial charge < -0.3 is 10.2 Å². The second-order valence-electron chi connectivity index (χ2n) is 3.69. The van der Waals surface area contributed by atoms with Gasteiger partial charge in [0.25, 0.3) is 0 Å². The van der Waals surface area contributed by atoms with Crippen LogP contribution in [0.3, 0.4) is 0 Å². The summed E-state index contributed by atoms with van der Waals surface area (Å²) in [5.41, 5.74) is 1.20. The summed E-state index contributed by atoms with van der Waals surface area (Å²) < 4.78 is 13.4. The molecule has 1 amide bonds. The van der Waals surface area contributed by atoms with E-state index in [9.17, 15) is 9.18 Å². The number of likely N-dealkylation sites (N-methyl/N-ethyl adjacent to an activating group) is 1. The van der Waals surface area contributed by atoms with E-state index in [0.29, 0.717) is 12.2 Å². The van der Waals surface area contributed by atoms with E-state index in [1.165, 1.54) is 6.07 Å². The quantitative estimate of drug-likeness (QED) is 0.848. The van der Waals surface area contributed by atoms with E-state index in [4.69, 9.17) is 0 Å². The molecule has 0 bridgehead atoms. The van der Waals surface area contributed by atoms with E-state index < -0.39 is 0 Å². The van der Waals surface area contributed by atoms with Crippen LogP contribution in [0.1, 0.15) is 12.5 Å². The summed E-state index contributed by atoms with van der Waals surface area (Å²) in [5, 5.41) is 2.83. The molecule has 1 aromatic carbocycles. The van der Waals surface area contributed by atoms with Crippen molar-refractivity contribution in [3.05, 3.63) is 29.6 Å². The summed E-state index contributed by atoms with van der Waals surface area (Å²) >= 11 is 0. The minimum absolute atomic E-state index is 0.0508. The van der Waals surface area contributed by atoms with Crippen LogP contribution in [0.25, 0.3) is 0 Å². The van der Waals surface area contributed by atoms with Gasteiger partial charge in [0.1, 0.15) is 5.82 Å². The lowest BCUT2D eigenvalue weighted by atomic mass is 10.2. The molecule has 16 heavy (non-hydrogen) atoms. The van der Waals surface area contributed by atoms with Crippen molar-refractivity contribution >= 4 is 11.6 Å². The van der Waals surface area contributed by atoms with Crippen LogP contribution in [0.2, 0.25) is 0 Å². The standard InChI is InChI=1S/C12H17FN2O/c1-4-15(3)11(16)8-14-12-9(2)6-5-7-10(12)13/h5-7,14H,4,8H2,1-3H3. The van der Waals surface area contributed by atoms with E-state index in [0.717, 1.165) is 5.56 Å². The van der Waals surface area contributed by atoms with Crippen LogP contribution in [0.15, 0.2) is 18.2 Å². The van der Waals surface area contributed by atoms with Crippen molar-refractivity contribution in [2.75, 3.05) is 25.5 Å². The molecule has 1 aromatic rings. The second-order valence-corrected chi connectivity index (χ2v) is 3.69. The normalized spacial score (nSPS) is 10.0. The van der Waals surface area contributed by atoms with Gasteiger partial charge in [-0.15, -0.1) is 0 Å². The lowest BCUT2D eigenvalue weighted by Gasteiger charge is -2.16. The van der Waals surface area contributed by atoms with E-state index in [1.54, 1.807) is 31.0 Å². The Morgan fingerprint density at radius 2 is 2.19 bits per heavy atom. The van der Waals surface area contributed by atoms with Gasteiger partial charge >= 0.3 is 0 Å². The first-order valence-corrected chi connectivity index (χ1v) is 5.29. The fourth-order valence-electron chi connectivity index (χ4n) is 1.33. The Bertz CT molecular complexity index is 359. The largest absolute Gasteiger partial charge is 0.374 e. The molecule has 0 aliphatic carbocycles. The number of nitrogens with one attached hydrogen (secondary N) is 1. The number of carbonyl (C=O) groups excluding carboxylic acids is 1. The molecule has 0 fully saturated rings. The summed E-state index contributed by atoms with van der Waals surface area (Å²) in [6.45, 7) is 4.47. The monoisotopic (exact) mass is 224 g/mol. The van der Waals surface area contributed by atoms with Crippen LogP contribution in [0.4, 0.5) is 10.1 Å². The van der Waals surface area contributed by atoms with E-state index >= 15 is 0 Å². The maximum absolute atomic E-state index is 13.4. The van der Waals surface area contributed by atoms with E-state index in [1.807, 2.05) is 6.92 Å². The van der Waals surface area contributed by atoms with Crippen LogP contribution < -0.4 is 5.32 Å². The van der Waals surface area contributed by atoms with Crippen LogP contribution in [0.5, 0.6) is 0 Å². The highest BCUT2D eigenvalue weighted by Gasteiger charge is 2.09. The number of hydrogen-bond acceptors (Lipinski definition) is 2. The van der Waals surface area contributed by atoms with Gasteiger partial charge in [-0.05, 0) is 25.5 Å². The topological polar surface area (TPSA) is 32.3 Å². The molecule has 0 spiro atoms. The van der Waals surface area contributed by atoms with Crippen molar-refractivity contribution in [3.8, 4) is 0 Å². The summed E-state index contributed by atoms with van der Waals surface area (Å²) in [4.78, 5) is 13.1. The highest BCUT2D eigenvalue weighted by Crippen LogP contribution is 2.18. The summed E-state index contributed by atoms with van der Waals surface area (Å²) in [6, 6.07) is 4.83. The van der Waals surface area contributed by atoms with Gasteiger partial charge in [0.2, 0.25) is 5.91 Å². The smallest absolute Gasteiger partial charge is 0.241 e. The molecule has 1 N–H and O–H groups in total. The molecule has 0 aliphatic heterocycles. The Morgan fingerprint density at radius 3 is 2.75 bits per heavy atom. The van der Waals surface area contributed by atoms with Crippen molar-refractivity contribution in [1.29, 1.82) is 0 Å². The summed E-state index contributed by atoms with van der Waals surface area (Å²) in [6.07, 6.45) is 0. The maximum atomic E-state index is 13.4. The number of hydrogen-bond donors (Lipinski definition) is 1. The van der Waals surface area contributed by atoms with Gasteiger partial charge in [-0.1, -0.05) is 12.1 Å². The minimum atomic E-state index is -0.327. The number of halogens is 1. The Balaban J connectivity index is 2.65. The Morgan fingerprint density at radius 1 is 1.50 bits per heavy atom. The number of nitrogens with zero attached hydrogens (tertiary/aromatic N) is 1. The Kier molecular flexibility index (Phi) is 4.28. The molecule has 0 aromatic heterocycles. The van der Waals surface area contributed by atoms with Gasteiger partial charge in [0, 0.05) is 13.6 Å². The minimum Gasteiger partial charge on any atom is -0.374 e. The lowest BCUT2D eigenvalue weighted by molar-refractivity contribution is -0.127. The van der Waals surface area contributed by atoms with Gasteiger partial charge in [-0.2, -0.15) is 0 Å². The third-order valence-corrected chi connectivity index (χ3v) is 2.54. The number of carbonyl (C=O) groups is 1. The van der Waals surface area contributed by atoms with Gasteiger partial charge in [-0.3, -0.25) is 4.79 Å². The SMILES string of the molecule is CCN(C)C(=O)CNc1c(C)cccc1F.